The Hall–Kier alpha value is -3.46. The molecule has 0 bridgehead atoms. The first kappa shape index (κ1) is 21.8. The number of alkyl halides is 4. The number of ether oxygens (including phenoxy) is 2. The zero-order valence-corrected chi connectivity index (χ0v) is 17.5. The maximum Gasteiger partial charge on any atom is 0.417 e. The van der Waals surface area contributed by atoms with Gasteiger partial charge < -0.3 is 19.8 Å². The molecule has 6 nitrogen and oxygen atoms in total. The van der Waals surface area contributed by atoms with Gasteiger partial charge in [0.15, 0.2) is 0 Å². The summed E-state index contributed by atoms with van der Waals surface area (Å²) in [6, 6.07) is 7.51. The number of pyridine rings is 1. The molecule has 0 fully saturated rings. The number of halogens is 4. The third kappa shape index (κ3) is 4.88. The molecule has 3 aromatic rings. The lowest BCUT2D eigenvalue weighted by atomic mass is 10.1. The first-order chi connectivity index (χ1) is 15.3. The largest absolute Gasteiger partial charge is 0.496 e. The maximum absolute atomic E-state index is 12.6. The highest BCUT2D eigenvalue weighted by molar-refractivity contribution is 6.21. The molecule has 1 atom stereocenters. The van der Waals surface area contributed by atoms with Crippen LogP contribution in [0.15, 0.2) is 61.1 Å². The fourth-order valence-corrected chi connectivity index (χ4v) is 3.17. The number of dihydropyridines is 1. The quantitative estimate of drug-likeness (QED) is 0.392. The molecule has 3 heterocycles. The molecule has 1 aliphatic rings. The van der Waals surface area contributed by atoms with Crippen LogP contribution in [0.4, 0.5) is 13.2 Å². The van der Waals surface area contributed by atoms with E-state index in [0.29, 0.717) is 23.0 Å². The second-order valence-corrected chi connectivity index (χ2v) is 7.33. The molecule has 0 aliphatic carbocycles. The molecular weight excluding hydrogens is 445 g/mol. The first-order valence-electron chi connectivity index (χ1n) is 9.50. The molecule has 0 saturated carbocycles. The smallest absolute Gasteiger partial charge is 0.417 e. The van der Waals surface area contributed by atoms with Crippen LogP contribution in [-0.4, -0.2) is 27.6 Å². The van der Waals surface area contributed by atoms with Gasteiger partial charge in [0.2, 0.25) is 0 Å². The fourth-order valence-electron chi connectivity index (χ4n) is 3.03. The van der Waals surface area contributed by atoms with E-state index >= 15 is 0 Å². The number of allylic oxidation sites excluding steroid dienone is 2. The maximum atomic E-state index is 12.6. The summed E-state index contributed by atoms with van der Waals surface area (Å²) in [5, 5.41) is 3.00. The predicted molar refractivity (Wildman–Crippen MR) is 114 cm³/mol. The van der Waals surface area contributed by atoms with Gasteiger partial charge in [0, 0.05) is 29.6 Å². The Balaban J connectivity index is 1.47. The van der Waals surface area contributed by atoms with Gasteiger partial charge in [-0.25, -0.2) is 4.98 Å². The summed E-state index contributed by atoms with van der Waals surface area (Å²) in [7, 11) is 1.54. The van der Waals surface area contributed by atoms with E-state index in [-0.39, 0.29) is 12.1 Å². The lowest BCUT2D eigenvalue weighted by Gasteiger charge is -2.12. The number of rotatable bonds is 6. The molecule has 4 rings (SSSR count). The molecule has 1 aromatic carbocycles. The average Bonchev–Trinajstić information content (AvgIpc) is 3.27. The number of aromatic nitrogens is 3. The number of nitrogens with zero attached hydrogens (tertiary/aromatic N) is 2. The van der Waals surface area contributed by atoms with Crippen LogP contribution < -0.4 is 14.8 Å². The van der Waals surface area contributed by atoms with Crippen molar-refractivity contribution in [3.63, 3.8) is 0 Å². The minimum absolute atomic E-state index is 0.0178. The van der Waals surface area contributed by atoms with Gasteiger partial charge in [-0.15, -0.1) is 0 Å². The van der Waals surface area contributed by atoms with E-state index in [1.54, 1.807) is 24.5 Å². The number of methoxy groups -OCH3 is 1. The van der Waals surface area contributed by atoms with Crippen molar-refractivity contribution in [1.82, 2.24) is 20.3 Å². The van der Waals surface area contributed by atoms with Crippen molar-refractivity contribution < 1.29 is 22.6 Å². The molecule has 10 heteroatoms. The number of H-pyrrole nitrogens is 1. The van der Waals surface area contributed by atoms with Crippen molar-refractivity contribution in [2.24, 2.45) is 0 Å². The van der Waals surface area contributed by atoms with Gasteiger partial charge in [-0.2, -0.15) is 13.2 Å². The SMILES string of the molecule is COc1cc(OCc2ccc(C(F)(F)F)cn2)ccc1-c1cnc(C2=CNC(Cl)C=C2)[nH]1. The zero-order chi connectivity index (χ0) is 22.7. The van der Waals surface area contributed by atoms with E-state index < -0.39 is 11.7 Å². The van der Waals surface area contributed by atoms with Crippen LogP contribution in [0.25, 0.3) is 16.8 Å². The molecule has 1 unspecified atom stereocenters. The third-order valence-corrected chi connectivity index (χ3v) is 4.97. The summed E-state index contributed by atoms with van der Waals surface area (Å²) in [6.07, 6.45) is 3.54. The Labute approximate surface area is 186 Å². The lowest BCUT2D eigenvalue weighted by Crippen LogP contribution is -2.18. The third-order valence-electron chi connectivity index (χ3n) is 4.69. The molecule has 0 saturated heterocycles. The molecule has 0 radical (unpaired) electrons. The van der Waals surface area contributed by atoms with Crippen LogP contribution in [0.1, 0.15) is 17.1 Å². The topological polar surface area (TPSA) is 72.1 Å². The second kappa shape index (κ2) is 8.96. The molecule has 2 N–H and O–H groups in total. The molecule has 0 amide bonds. The van der Waals surface area contributed by atoms with Crippen molar-refractivity contribution in [3.05, 3.63) is 78.2 Å². The summed E-state index contributed by atoms with van der Waals surface area (Å²) in [6.45, 7) is 0.0178. The van der Waals surface area contributed by atoms with Crippen molar-refractivity contribution in [2.75, 3.05) is 7.11 Å². The van der Waals surface area contributed by atoms with Crippen LogP contribution in [0.2, 0.25) is 0 Å². The number of hydrogen-bond acceptors (Lipinski definition) is 5. The van der Waals surface area contributed by atoms with Crippen LogP contribution in [0.3, 0.4) is 0 Å². The summed E-state index contributed by atoms with van der Waals surface area (Å²) in [5.41, 5.74) is 1.70. The van der Waals surface area contributed by atoms with E-state index in [2.05, 4.69) is 20.3 Å². The Kier molecular flexibility index (Phi) is 6.09. The van der Waals surface area contributed by atoms with Gasteiger partial charge in [-0.3, -0.25) is 4.98 Å². The molecule has 1 aliphatic heterocycles. The molecule has 2 aromatic heterocycles. The molecule has 0 spiro atoms. The number of nitrogens with one attached hydrogen (secondary N) is 2. The standard InChI is InChI=1S/C22H18ClF3N4O2/c1-31-19-8-16(32-12-15-4-3-14(10-27-15)22(24,25)26)5-6-17(19)18-11-29-21(30-18)13-2-7-20(23)28-9-13/h2-11,20,28H,12H2,1H3,(H,29,30). The van der Waals surface area contributed by atoms with E-state index in [0.717, 1.165) is 29.1 Å². The normalized spacial score (nSPS) is 15.8. The predicted octanol–water partition coefficient (Wildman–Crippen LogP) is 5.14. The second-order valence-electron chi connectivity index (χ2n) is 6.86. The number of aromatic amines is 1. The van der Waals surface area contributed by atoms with E-state index in [9.17, 15) is 13.2 Å². The number of imidazole rings is 1. The summed E-state index contributed by atoms with van der Waals surface area (Å²) in [4.78, 5) is 11.5. The van der Waals surface area contributed by atoms with Gasteiger partial charge in [-0.05, 0) is 30.3 Å². The van der Waals surface area contributed by atoms with Crippen molar-refractivity contribution >= 4 is 17.2 Å². The monoisotopic (exact) mass is 462 g/mol. The lowest BCUT2D eigenvalue weighted by molar-refractivity contribution is -0.137. The minimum atomic E-state index is -4.42. The Bertz CT molecular complexity index is 1160. The molecule has 32 heavy (non-hydrogen) atoms. The first-order valence-corrected chi connectivity index (χ1v) is 9.94. The molecular formula is C22H18ClF3N4O2. The molecule has 166 valence electrons. The van der Waals surface area contributed by atoms with Gasteiger partial charge in [-0.1, -0.05) is 17.7 Å². The Morgan fingerprint density at radius 2 is 1.97 bits per heavy atom. The fraction of sp³-hybridized carbons (Fsp3) is 0.182. The van der Waals surface area contributed by atoms with Crippen LogP contribution in [0.5, 0.6) is 11.5 Å². The Morgan fingerprint density at radius 1 is 1.12 bits per heavy atom. The number of hydrogen-bond donors (Lipinski definition) is 2. The van der Waals surface area contributed by atoms with E-state index in [1.165, 1.54) is 13.2 Å². The average molecular weight is 463 g/mol. The van der Waals surface area contributed by atoms with Crippen LogP contribution >= 0.6 is 11.6 Å². The van der Waals surface area contributed by atoms with E-state index in [4.69, 9.17) is 21.1 Å². The Morgan fingerprint density at radius 3 is 2.62 bits per heavy atom. The van der Waals surface area contributed by atoms with Gasteiger partial charge >= 0.3 is 6.18 Å². The summed E-state index contributed by atoms with van der Waals surface area (Å²) < 4.78 is 49.1. The summed E-state index contributed by atoms with van der Waals surface area (Å²) in [5.74, 6) is 1.70. The minimum Gasteiger partial charge on any atom is -0.496 e. The van der Waals surface area contributed by atoms with Crippen LogP contribution in [-0.2, 0) is 12.8 Å². The summed E-state index contributed by atoms with van der Waals surface area (Å²) >= 11 is 5.96. The van der Waals surface area contributed by atoms with E-state index in [1.807, 2.05) is 18.2 Å². The highest BCUT2D eigenvalue weighted by Gasteiger charge is 2.30. The van der Waals surface area contributed by atoms with Gasteiger partial charge in [0.05, 0.1) is 30.3 Å². The van der Waals surface area contributed by atoms with Crippen molar-refractivity contribution in [2.45, 2.75) is 18.3 Å². The highest BCUT2D eigenvalue weighted by atomic mass is 35.5. The van der Waals surface area contributed by atoms with Crippen molar-refractivity contribution in [1.29, 1.82) is 0 Å². The van der Waals surface area contributed by atoms with Gasteiger partial charge in [0.25, 0.3) is 0 Å². The highest BCUT2D eigenvalue weighted by Crippen LogP contribution is 2.33. The van der Waals surface area contributed by atoms with Crippen LogP contribution in [0, 0.1) is 0 Å². The number of benzene rings is 1. The van der Waals surface area contributed by atoms with Gasteiger partial charge in [0.1, 0.15) is 29.4 Å². The zero-order valence-electron chi connectivity index (χ0n) is 16.8. The van der Waals surface area contributed by atoms with Crippen molar-refractivity contribution in [3.8, 4) is 22.8 Å².